The Morgan fingerprint density at radius 1 is 0.403 bits per heavy atom. The highest BCUT2D eigenvalue weighted by Gasteiger charge is 2.18. The zero-order chi connectivity index (χ0) is 47.6. The van der Waals surface area contributed by atoms with E-state index in [9.17, 15) is 9.59 Å². The molecule has 0 atom stereocenters. The summed E-state index contributed by atoms with van der Waals surface area (Å²) in [5, 5.41) is 1.87. The minimum Gasteiger partial charge on any atom is -0.497 e. The quantitative estimate of drug-likeness (QED) is 0.0368. The van der Waals surface area contributed by atoms with Crippen molar-refractivity contribution >= 4 is 12.2 Å². The Labute approximate surface area is 394 Å². The van der Waals surface area contributed by atoms with Gasteiger partial charge >= 0.3 is 12.2 Å². The number of hydrazine groups is 1. The first-order valence-electron chi connectivity index (χ1n) is 22.0. The van der Waals surface area contributed by atoms with E-state index in [0.29, 0.717) is 44.2 Å². The summed E-state index contributed by atoms with van der Waals surface area (Å²) >= 11 is 0. The molecule has 0 aliphatic carbocycles. The van der Waals surface area contributed by atoms with Crippen LogP contribution in [-0.4, -0.2) is 122 Å². The molecule has 0 heterocycles. The van der Waals surface area contributed by atoms with Crippen molar-refractivity contribution in [3.8, 4) is 34.5 Å². The number of hydrogen-bond donors (Lipinski definition) is 1. The van der Waals surface area contributed by atoms with Gasteiger partial charge in [0, 0.05) is 52.9 Å². The Morgan fingerprint density at radius 2 is 0.716 bits per heavy atom. The monoisotopic (exact) mass is 924 g/mol. The van der Waals surface area contributed by atoms with Gasteiger partial charge in [-0.2, -0.15) is 0 Å². The molecule has 16 heteroatoms. The van der Waals surface area contributed by atoms with Gasteiger partial charge in [0.05, 0.1) is 54.9 Å². The molecule has 1 N–H and O–H groups in total. The molecular formula is C51H64N4O12. The summed E-state index contributed by atoms with van der Waals surface area (Å²) in [5.74, 6) is 4.16. The number of rotatable bonds is 29. The maximum absolute atomic E-state index is 13.3. The Hall–Kier alpha value is -6.72. The molecule has 0 aromatic heterocycles. The van der Waals surface area contributed by atoms with Gasteiger partial charge in [-0.15, -0.1) is 0 Å². The maximum atomic E-state index is 13.3. The van der Waals surface area contributed by atoms with Crippen LogP contribution in [0.5, 0.6) is 34.5 Å². The van der Waals surface area contributed by atoms with Crippen LogP contribution < -0.4 is 33.8 Å². The Kier molecular flexibility index (Phi) is 21.7. The lowest BCUT2D eigenvalue weighted by Crippen LogP contribution is -2.31. The molecule has 0 saturated carbocycles. The van der Waals surface area contributed by atoms with Gasteiger partial charge < -0.3 is 47.4 Å². The van der Waals surface area contributed by atoms with E-state index in [1.807, 2.05) is 134 Å². The predicted octanol–water partition coefficient (Wildman–Crippen LogP) is 7.76. The largest absolute Gasteiger partial charge is 0.497 e. The van der Waals surface area contributed by atoms with Crippen LogP contribution in [0.25, 0.3) is 0 Å². The summed E-state index contributed by atoms with van der Waals surface area (Å²) in [6, 6.07) is 35.9. The van der Waals surface area contributed by atoms with Gasteiger partial charge in [-0.05, 0) is 88.5 Å². The van der Waals surface area contributed by atoms with Gasteiger partial charge in [-0.25, -0.2) is 9.59 Å². The Morgan fingerprint density at radius 3 is 1.01 bits per heavy atom. The fourth-order valence-electron chi connectivity index (χ4n) is 6.52. The van der Waals surface area contributed by atoms with Gasteiger partial charge in [0.25, 0.3) is 0 Å². The van der Waals surface area contributed by atoms with Crippen molar-refractivity contribution in [1.29, 1.82) is 0 Å². The molecule has 5 rings (SSSR count). The molecule has 0 bridgehead atoms. The molecule has 0 spiro atoms. The van der Waals surface area contributed by atoms with Crippen LogP contribution in [0.1, 0.15) is 27.8 Å². The topological polar surface area (TPSA) is 148 Å². The first-order valence-corrected chi connectivity index (χ1v) is 22.0. The fraction of sp³-hybridized carbons (Fsp3) is 0.373. The minimum atomic E-state index is -0.458. The van der Waals surface area contributed by atoms with Crippen molar-refractivity contribution in [2.45, 2.75) is 32.7 Å². The number of carbonyl (C=O) groups excluding carboxylic acids is 2. The summed E-state index contributed by atoms with van der Waals surface area (Å²) in [5.41, 5.74) is 7.96. The fourth-order valence-corrected chi connectivity index (χ4v) is 6.52. The lowest BCUT2D eigenvalue weighted by molar-refractivity contribution is 0.0420. The number of carbonyl (C=O) groups is 2. The second-order valence-corrected chi connectivity index (χ2v) is 15.3. The van der Waals surface area contributed by atoms with Gasteiger partial charge in [0.1, 0.15) is 60.9 Å². The SMILES string of the molecule is COc1ccc(CN(Cc2ccc(OC)cc2)C(=O)OCCOCCOc2cc(CNN(C)C)cc(OCCOCCOC(=O)N(Cc3ccc(OC)cc3)Cc3ccc(OC)cc3)c2)cc1. The summed E-state index contributed by atoms with van der Waals surface area (Å²) in [6.07, 6.45) is -0.915. The van der Waals surface area contributed by atoms with Crippen LogP contribution in [0.4, 0.5) is 9.59 Å². The van der Waals surface area contributed by atoms with Crippen molar-refractivity contribution in [2.24, 2.45) is 0 Å². The van der Waals surface area contributed by atoms with E-state index in [0.717, 1.165) is 50.8 Å². The molecule has 0 fully saturated rings. The van der Waals surface area contributed by atoms with Crippen molar-refractivity contribution in [3.63, 3.8) is 0 Å². The normalized spacial score (nSPS) is 10.9. The highest BCUT2D eigenvalue weighted by atomic mass is 16.6. The van der Waals surface area contributed by atoms with Crippen LogP contribution in [0.3, 0.4) is 0 Å². The lowest BCUT2D eigenvalue weighted by atomic mass is 10.1. The maximum Gasteiger partial charge on any atom is 0.410 e. The number of ether oxygens (including phenoxy) is 10. The van der Waals surface area contributed by atoms with E-state index in [1.54, 1.807) is 38.2 Å². The van der Waals surface area contributed by atoms with Gasteiger partial charge in [-0.1, -0.05) is 48.5 Å². The molecule has 5 aromatic carbocycles. The third kappa shape index (κ3) is 18.6. The average molecular weight is 925 g/mol. The first kappa shape index (κ1) is 51.3. The number of hydrogen-bond acceptors (Lipinski definition) is 14. The molecule has 0 unspecified atom stereocenters. The van der Waals surface area contributed by atoms with E-state index in [-0.39, 0.29) is 52.9 Å². The van der Waals surface area contributed by atoms with Gasteiger partial charge in [0.15, 0.2) is 0 Å². The molecule has 0 saturated heterocycles. The van der Waals surface area contributed by atoms with Crippen LogP contribution in [-0.2, 0) is 51.7 Å². The standard InChI is InChI=1S/C51H64N4O12/c1-53(2)52-34-43-31-48(64-27-23-62-25-29-66-50(56)54(35-39-7-15-44(58-3)16-8-39)36-40-9-17-45(59-4)18-10-40)33-49(32-43)65-28-24-63-26-30-67-51(57)55(37-41-11-19-46(60-5)20-12-41)38-42-13-21-47(61-6)22-14-42/h7-22,31-33,52H,23-30,34-38H2,1-6H3. The van der Waals surface area contributed by atoms with E-state index in [1.165, 1.54) is 0 Å². The highest BCUT2D eigenvalue weighted by Crippen LogP contribution is 2.24. The Balaban J connectivity index is 1.03. The minimum absolute atomic E-state index is 0.0718. The van der Waals surface area contributed by atoms with Crippen LogP contribution in [0.15, 0.2) is 115 Å². The van der Waals surface area contributed by atoms with Crippen molar-refractivity contribution in [1.82, 2.24) is 20.2 Å². The first-order chi connectivity index (χ1) is 32.6. The van der Waals surface area contributed by atoms with E-state index >= 15 is 0 Å². The number of amides is 2. The number of nitrogens with zero attached hydrogens (tertiary/aromatic N) is 3. The van der Waals surface area contributed by atoms with Crippen molar-refractivity contribution < 1.29 is 57.0 Å². The van der Waals surface area contributed by atoms with Crippen molar-refractivity contribution in [3.05, 3.63) is 143 Å². The zero-order valence-corrected chi connectivity index (χ0v) is 39.4. The van der Waals surface area contributed by atoms with Crippen LogP contribution in [0.2, 0.25) is 0 Å². The molecule has 2 amide bonds. The summed E-state index contributed by atoms with van der Waals surface area (Å²) in [4.78, 5) is 29.8. The third-order valence-electron chi connectivity index (χ3n) is 10.1. The third-order valence-corrected chi connectivity index (χ3v) is 10.1. The van der Waals surface area contributed by atoms with Crippen LogP contribution >= 0.6 is 0 Å². The molecule has 360 valence electrons. The summed E-state index contributed by atoms with van der Waals surface area (Å²) in [6.45, 7) is 3.55. The molecule has 0 aliphatic rings. The second-order valence-electron chi connectivity index (χ2n) is 15.3. The summed E-state index contributed by atoms with van der Waals surface area (Å²) < 4.78 is 56.0. The number of benzene rings is 5. The second kappa shape index (κ2) is 28.3. The molecule has 67 heavy (non-hydrogen) atoms. The smallest absolute Gasteiger partial charge is 0.410 e. The zero-order valence-electron chi connectivity index (χ0n) is 39.4. The Bertz CT molecular complexity index is 1940. The summed E-state index contributed by atoms with van der Waals surface area (Å²) in [7, 11) is 10.3. The van der Waals surface area contributed by atoms with Gasteiger partial charge in [-0.3, -0.25) is 20.2 Å². The number of nitrogens with one attached hydrogen (secondary N) is 1. The molecule has 16 nitrogen and oxygen atoms in total. The molecule has 0 aliphatic heterocycles. The van der Waals surface area contributed by atoms with E-state index in [4.69, 9.17) is 47.4 Å². The average Bonchev–Trinajstić information content (AvgIpc) is 3.35. The van der Waals surface area contributed by atoms with Gasteiger partial charge in [0.2, 0.25) is 0 Å². The predicted molar refractivity (Wildman–Crippen MR) is 253 cm³/mol. The van der Waals surface area contributed by atoms with E-state index < -0.39 is 12.2 Å². The van der Waals surface area contributed by atoms with Crippen LogP contribution in [0, 0.1) is 0 Å². The molecule has 0 radical (unpaired) electrons. The number of methoxy groups -OCH3 is 4. The molecular weight excluding hydrogens is 861 g/mol. The van der Waals surface area contributed by atoms with E-state index in [2.05, 4.69) is 5.43 Å². The lowest BCUT2D eigenvalue weighted by Gasteiger charge is -2.23. The van der Waals surface area contributed by atoms with Crippen molar-refractivity contribution in [2.75, 3.05) is 95.4 Å². The highest BCUT2D eigenvalue weighted by molar-refractivity contribution is 5.68. The molecule has 5 aromatic rings.